The van der Waals surface area contributed by atoms with E-state index in [9.17, 15) is 9.90 Å². The maximum atomic E-state index is 11.4. The third kappa shape index (κ3) is 3.47. The van der Waals surface area contributed by atoms with Crippen molar-refractivity contribution in [2.24, 2.45) is 9.98 Å². The van der Waals surface area contributed by atoms with Gasteiger partial charge in [0.05, 0.1) is 42.8 Å². The smallest absolute Gasteiger partial charge is 0.307 e. The number of fused-ring (bicyclic) bond motifs is 1. The maximum absolute atomic E-state index is 11.4. The molecule has 0 bridgehead atoms. The van der Waals surface area contributed by atoms with E-state index >= 15 is 0 Å². The van der Waals surface area contributed by atoms with Crippen LogP contribution in [-0.4, -0.2) is 37.3 Å². The number of aromatic hydroxyl groups is 1. The van der Waals surface area contributed by atoms with E-state index < -0.39 is 0 Å². The second-order valence-electron chi connectivity index (χ2n) is 6.07. The minimum atomic E-state index is -0.314. The van der Waals surface area contributed by atoms with Gasteiger partial charge in [-0.1, -0.05) is 17.4 Å². The molecule has 0 aliphatic carbocycles. The Morgan fingerprint density at radius 1 is 1.00 bits per heavy atom. The molecule has 0 radical (unpaired) electrons. The van der Waals surface area contributed by atoms with E-state index in [1.807, 2.05) is 18.2 Å². The van der Waals surface area contributed by atoms with Gasteiger partial charge in [-0.25, -0.2) is 9.98 Å². The quantitative estimate of drug-likeness (QED) is 0.665. The first-order valence-corrected chi connectivity index (χ1v) is 9.35. The lowest BCUT2D eigenvalue weighted by Crippen LogP contribution is -2.07. The minimum Gasteiger partial charge on any atom is -0.496 e. The molecule has 9 heteroatoms. The van der Waals surface area contributed by atoms with Gasteiger partial charge >= 0.3 is 4.87 Å². The van der Waals surface area contributed by atoms with Crippen molar-refractivity contribution in [3.8, 4) is 23.1 Å². The molecule has 0 amide bonds. The van der Waals surface area contributed by atoms with Gasteiger partial charge in [0.25, 0.3) is 0 Å². The SMILES string of the molecule is COc1cc(OC)c(C2=Nc3cc(=Cc4sc(=O)[nH]c4O)ccc3=N2)cc1OC. The Morgan fingerprint density at radius 2 is 1.72 bits per heavy atom. The molecule has 1 aliphatic rings. The monoisotopic (exact) mass is 411 g/mol. The highest BCUT2D eigenvalue weighted by atomic mass is 32.1. The minimum absolute atomic E-state index is 0.149. The second kappa shape index (κ2) is 7.44. The summed E-state index contributed by atoms with van der Waals surface area (Å²) in [4.78, 5) is 23.1. The average molecular weight is 411 g/mol. The number of nitrogens with one attached hydrogen (secondary N) is 1. The highest BCUT2D eigenvalue weighted by molar-refractivity contribution is 7.10. The maximum Gasteiger partial charge on any atom is 0.307 e. The van der Waals surface area contributed by atoms with Crippen LogP contribution in [0, 0.1) is 0 Å². The zero-order valence-corrected chi connectivity index (χ0v) is 16.7. The van der Waals surface area contributed by atoms with Crippen molar-refractivity contribution in [1.29, 1.82) is 0 Å². The van der Waals surface area contributed by atoms with Gasteiger partial charge in [0.1, 0.15) is 5.75 Å². The number of ether oxygens (including phenoxy) is 3. The summed E-state index contributed by atoms with van der Waals surface area (Å²) in [5.74, 6) is 2.00. The van der Waals surface area contributed by atoms with Crippen molar-refractivity contribution < 1.29 is 19.3 Å². The number of H-pyrrole nitrogens is 1. The van der Waals surface area contributed by atoms with Gasteiger partial charge in [-0.3, -0.25) is 9.78 Å². The van der Waals surface area contributed by atoms with E-state index in [1.54, 1.807) is 39.5 Å². The number of aromatic amines is 1. The van der Waals surface area contributed by atoms with E-state index in [4.69, 9.17) is 14.2 Å². The van der Waals surface area contributed by atoms with Crippen LogP contribution >= 0.6 is 11.3 Å². The molecule has 0 unspecified atom stereocenters. The van der Waals surface area contributed by atoms with E-state index in [1.165, 1.54) is 0 Å². The number of benzene rings is 2. The molecule has 2 heterocycles. The first-order valence-electron chi connectivity index (χ1n) is 8.54. The molecule has 0 atom stereocenters. The third-order valence-electron chi connectivity index (χ3n) is 4.35. The van der Waals surface area contributed by atoms with Crippen LogP contribution in [0.3, 0.4) is 0 Å². The number of hydrogen-bond donors (Lipinski definition) is 2. The molecule has 2 aromatic carbocycles. The average Bonchev–Trinajstić information content (AvgIpc) is 3.28. The van der Waals surface area contributed by atoms with E-state index in [2.05, 4.69) is 15.0 Å². The van der Waals surface area contributed by atoms with Gasteiger partial charge in [0, 0.05) is 6.07 Å². The van der Waals surface area contributed by atoms with Crippen molar-refractivity contribution >= 4 is 28.9 Å². The molecule has 1 aliphatic heterocycles. The van der Waals surface area contributed by atoms with Gasteiger partial charge in [0.15, 0.2) is 17.3 Å². The molecule has 29 heavy (non-hydrogen) atoms. The fourth-order valence-electron chi connectivity index (χ4n) is 2.97. The van der Waals surface area contributed by atoms with Gasteiger partial charge in [-0.15, -0.1) is 0 Å². The highest BCUT2D eigenvalue weighted by Crippen LogP contribution is 2.35. The van der Waals surface area contributed by atoms with Crippen molar-refractivity contribution in [3.05, 3.63) is 61.0 Å². The molecule has 1 aromatic heterocycles. The van der Waals surface area contributed by atoms with Crippen LogP contribution in [-0.2, 0) is 0 Å². The lowest BCUT2D eigenvalue weighted by molar-refractivity contribution is 0.349. The van der Waals surface area contributed by atoms with Crippen molar-refractivity contribution in [1.82, 2.24) is 4.98 Å². The fourth-order valence-corrected chi connectivity index (χ4v) is 3.66. The topological polar surface area (TPSA) is 106 Å². The third-order valence-corrected chi connectivity index (χ3v) is 5.17. The highest BCUT2D eigenvalue weighted by Gasteiger charge is 2.19. The summed E-state index contributed by atoms with van der Waals surface area (Å²) in [5.41, 5.74) is 1.35. The molecule has 0 spiro atoms. The Kier molecular flexibility index (Phi) is 4.81. The Morgan fingerprint density at radius 3 is 2.38 bits per heavy atom. The van der Waals surface area contributed by atoms with Gasteiger partial charge in [-0.05, 0) is 29.5 Å². The van der Waals surface area contributed by atoms with E-state index in [0.29, 0.717) is 44.6 Å². The standard InChI is InChI=1S/C20H17N3O5S/c1-26-14-9-16(28-3)15(27-2)8-11(14)18-21-12-5-4-10(6-13(12)22-18)7-17-19(24)23-20(25)29-17/h4-9,24H,1-3H3,(H,23,25). The zero-order valence-electron chi connectivity index (χ0n) is 15.8. The number of thiazole rings is 1. The number of hydrogen-bond acceptors (Lipinski definition) is 8. The number of aliphatic imine (C=N–C) groups is 1. The largest absolute Gasteiger partial charge is 0.496 e. The molecule has 148 valence electrons. The van der Waals surface area contributed by atoms with Crippen molar-refractivity contribution in [2.45, 2.75) is 0 Å². The van der Waals surface area contributed by atoms with Crippen molar-refractivity contribution in [2.75, 3.05) is 21.3 Å². The summed E-state index contributed by atoms with van der Waals surface area (Å²) < 4.78 is 16.2. The molecule has 0 saturated carbocycles. The number of rotatable bonds is 5. The predicted molar refractivity (Wildman–Crippen MR) is 110 cm³/mol. The molecule has 2 N–H and O–H groups in total. The van der Waals surface area contributed by atoms with Crippen LogP contribution in [0.25, 0.3) is 6.08 Å². The molecule has 8 nitrogen and oxygen atoms in total. The molecular formula is C20H17N3O5S. The van der Waals surface area contributed by atoms with Crippen molar-refractivity contribution in [3.63, 3.8) is 0 Å². The number of amidine groups is 1. The number of aromatic nitrogens is 1. The Balaban J connectivity index is 1.79. The second-order valence-corrected chi connectivity index (χ2v) is 7.09. The summed E-state index contributed by atoms with van der Waals surface area (Å²) >= 11 is 0.934. The summed E-state index contributed by atoms with van der Waals surface area (Å²) in [6.07, 6.45) is 1.71. The summed E-state index contributed by atoms with van der Waals surface area (Å²) in [5, 5.41) is 11.3. The normalized spacial score (nSPS) is 12.9. The first-order chi connectivity index (χ1) is 14.0. The zero-order chi connectivity index (χ0) is 20.5. The lowest BCUT2D eigenvalue weighted by Gasteiger charge is -2.13. The van der Waals surface area contributed by atoms with E-state index in [0.717, 1.165) is 16.6 Å². The molecule has 0 fully saturated rings. The first kappa shape index (κ1) is 18.8. The summed E-state index contributed by atoms with van der Waals surface area (Å²) in [6.45, 7) is 0. The fraction of sp³-hybridized carbons (Fsp3) is 0.150. The lowest BCUT2D eigenvalue weighted by atomic mass is 10.1. The van der Waals surface area contributed by atoms with Crippen LogP contribution in [0.15, 0.2) is 45.1 Å². The van der Waals surface area contributed by atoms with Gasteiger partial charge in [-0.2, -0.15) is 0 Å². The number of methoxy groups -OCH3 is 3. The Hall–Kier alpha value is -3.59. The molecule has 0 saturated heterocycles. The molecular weight excluding hydrogens is 394 g/mol. The molecule has 3 aromatic rings. The predicted octanol–water partition coefficient (Wildman–Crippen LogP) is 1.71. The summed E-state index contributed by atoms with van der Waals surface area (Å²) in [7, 11) is 4.68. The van der Waals surface area contributed by atoms with Gasteiger partial charge < -0.3 is 19.3 Å². The molecule has 4 rings (SSSR count). The Labute approximate surface area is 169 Å². The van der Waals surface area contributed by atoms with Crippen LogP contribution in [0.4, 0.5) is 5.69 Å². The van der Waals surface area contributed by atoms with Crippen LogP contribution in [0.1, 0.15) is 10.4 Å². The van der Waals surface area contributed by atoms with Crippen LogP contribution in [0.5, 0.6) is 23.1 Å². The number of nitrogens with zero attached hydrogens (tertiary/aromatic N) is 2. The van der Waals surface area contributed by atoms with Crippen LogP contribution in [0.2, 0.25) is 0 Å². The summed E-state index contributed by atoms with van der Waals surface area (Å²) in [6, 6.07) is 9.01. The Bertz CT molecular complexity index is 1310. The van der Waals surface area contributed by atoms with E-state index in [-0.39, 0.29) is 10.8 Å². The van der Waals surface area contributed by atoms with Crippen LogP contribution < -0.4 is 29.7 Å². The van der Waals surface area contributed by atoms with Gasteiger partial charge in [0.2, 0.25) is 5.88 Å².